The minimum absolute atomic E-state index is 0.0654. The van der Waals surface area contributed by atoms with Crippen LogP contribution in [0.3, 0.4) is 0 Å². The molecule has 26 heavy (non-hydrogen) atoms. The molecule has 0 fully saturated rings. The van der Waals surface area contributed by atoms with E-state index >= 15 is 0 Å². The lowest BCUT2D eigenvalue weighted by Crippen LogP contribution is -2.47. The van der Waals surface area contributed by atoms with E-state index in [4.69, 9.17) is 17.0 Å². The highest BCUT2D eigenvalue weighted by Crippen LogP contribution is 2.38. The van der Waals surface area contributed by atoms with Crippen LogP contribution in [0.1, 0.15) is 27.5 Å². The van der Waals surface area contributed by atoms with Gasteiger partial charge in [-0.05, 0) is 48.1 Å². The fraction of sp³-hybridized carbons (Fsp3) is 0.105. The van der Waals surface area contributed by atoms with Gasteiger partial charge in [-0.1, -0.05) is 12.1 Å². The number of Topliss-reactive ketones (excluding diaryl/α,β-unsaturated/α-hetero) is 2. The van der Waals surface area contributed by atoms with Gasteiger partial charge in [0.15, 0.2) is 5.11 Å². The van der Waals surface area contributed by atoms with E-state index in [1.807, 2.05) is 0 Å². The summed E-state index contributed by atoms with van der Waals surface area (Å²) in [6.07, 6.45) is 0. The molecule has 2 aromatic carbocycles. The molecule has 0 saturated carbocycles. The van der Waals surface area contributed by atoms with Crippen molar-refractivity contribution in [3.05, 3.63) is 64.7 Å². The number of phenolic OH excluding ortho intramolecular Hbond substituents is 1. The minimum atomic E-state index is -0.627. The number of ketones is 2. The first-order chi connectivity index (χ1) is 12.5. The van der Waals surface area contributed by atoms with Crippen LogP contribution in [0.25, 0.3) is 5.70 Å². The number of benzene rings is 2. The lowest BCUT2D eigenvalue weighted by Gasteiger charge is -2.34. The molecule has 6 nitrogen and oxygen atoms in total. The van der Waals surface area contributed by atoms with Gasteiger partial charge in [0.2, 0.25) is 11.6 Å². The van der Waals surface area contributed by atoms with E-state index in [1.165, 1.54) is 19.2 Å². The smallest absolute Gasteiger partial charge is 0.234 e. The van der Waals surface area contributed by atoms with Crippen molar-refractivity contribution in [3.8, 4) is 11.5 Å². The van der Waals surface area contributed by atoms with Crippen LogP contribution in [0.4, 0.5) is 0 Å². The predicted octanol–water partition coefficient (Wildman–Crippen LogP) is 2.10. The zero-order valence-electron chi connectivity index (χ0n) is 13.7. The monoisotopic (exact) mass is 366 g/mol. The molecule has 0 aromatic heterocycles. The van der Waals surface area contributed by atoms with Gasteiger partial charge in [0, 0.05) is 11.1 Å². The SMILES string of the molecule is COc1ccc2c(c1)C(=O)C(=O)C1=C2NC(=S)NC1c1cccc(O)c1. The first-order valence-electron chi connectivity index (χ1n) is 7.87. The summed E-state index contributed by atoms with van der Waals surface area (Å²) in [5.41, 5.74) is 2.30. The first kappa shape index (κ1) is 16.3. The van der Waals surface area contributed by atoms with Crippen LogP contribution < -0.4 is 15.4 Å². The van der Waals surface area contributed by atoms with E-state index in [0.29, 0.717) is 27.7 Å². The molecule has 1 aliphatic carbocycles. The van der Waals surface area contributed by atoms with Crippen molar-refractivity contribution in [1.29, 1.82) is 0 Å². The fourth-order valence-electron chi connectivity index (χ4n) is 3.28. The molecular weight excluding hydrogens is 352 g/mol. The maximum Gasteiger partial charge on any atom is 0.234 e. The zero-order valence-corrected chi connectivity index (χ0v) is 14.5. The van der Waals surface area contributed by atoms with Crippen LogP contribution in [0.15, 0.2) is 48.0 Å². The Morgan fingerprint density at radius 3 is 2.62 bits per heavy atom. The molecule has 130 valence electrons. The molecule has 1 aliphatic heterocycles. The number of carbonyl (C=O) groups is 2. The van der Waals surface area contributed by atoms with Gasteiger partial charge in [-0.15, -0.1) is 0 Å². The molecule has 7 heteroatoms. The molecule has 2 aromatic rings. The van der Waals surface area contributed by atoms with Crippen molar-refractivity contribution in [2.45, 2.75) is 6.04 Å². The molecule has 0 radical (unpaired) electrons. The van der Waals surface area contributed by atoms with Gasteiger partial charge in [0.1, 0.15) is 11.5 Å². The van der Waals surface area contributed by atoms with Gasteiger partial charge >= 0.3 is 0 Å². The van der Waals surface area contributed by atoms with E-state index < -0.39 is 17.6 Å². The summed E-state index contributed by atoms with van der Waals surface area (Å²) in [5.74, 6) is -0.651. The van der Waals surface area contributed by atoms with E-state index in [0.717, 1.165) is 0 Å². The minimum Gasteiger partial charge on any atom is -0.508 e. The number of aromatic hydroxyl groups is 1. The summed E-state index contributed by atoms with van der Waals surface area (Å²) in [5, 5.41) is 16.1. The van der Waals surface area contributed by atoms with Crippen molar-refractivity contribution < 1.29 is 19.4 Å². The van der Waals surface area contributed by atoms with Crippen molar-refractivity contribution in [1.82, 2.24) is 10.6 Å². The van der Waals surface area contributed by atoms with Crippen LogP contribution in [0.5, 0.6) is 11.5 Å². The number of phenols is 1. The highest BCUT2D eigenvalue weighted by atomic mass is 32.1. The number of rotatable bonds is 2. The second kappa shape index (κ2) is 5.96. The third-order valence-corrected chi connectivity index (χ3v) is 4.69. The number of thiocarbonyl (C=S) groups is 1. The number of hydrogen-bond acceptors (Lipinski definition) is 5. The predicted molar refractivity (Wildman–Crippen MR) is 99.0 cm³/mol. The Morgan fingerprint density at radius 2 is 1.88 bits per heavy atom. The third-order valence-electron chi connectivity index (χ3n) is 4.47. The molecule has 0 bridgehead atoms. The summed E-state index contributed by atoms with van der Waals surface area (Å²) < 4.78 is 5.16. The Bertz CT molecular complexity index is 1010. The van der Waals surface area contributed by atoms with Crippen LogP contribution in [-0.2, 0) is 4.79 Å². The second-order valence-corrected chi connectivity index (χ2v) is 6.39. The van der Waals surface area contributed by atoms with Gasteiger partial charge < -0.3 is 20.5 Å². The largest absolute Gasteiger partial charge is 0.508 e. The van der Waals surface area contributed by atoms with E-state index in [1.54, 1.807) is 30.3 Å². The van der Waals surface area contributed by atoms with E-state index in [9.17, 15) is 14.7 Å². The standard InChI is InChI=1S/C19H14N2O4S/c1-25-11-5-6-12-13(8-11)17(23)18(24)14-15(20-19(26)21-16(12)14)9-3-2-4-10(22)7-9/h2-8,15,22H,1H3,(H2,20,21,26). The van der Waals surface area contributed by atoms with Crippen LogP contribution in [-0.4, -0.2) is 28.9 Å². The lowest BCUT2D eigenvalue weighted by atomic mass is 9.81. The highest BCUT2D eigenvalue weighted by Gasteiger charge is 2.40. The van der Waals surface area contributed by atoms with Crippen molar-refractivity contribution in [2.75, 3.05) is 7.11 Å². The molecule has 4 rings (SSSR count). The second-order valence-electron chi connectivity index (χ2n) is 5.98. The number of hydrogen-bond donors (Lipinski definition) is 3. The Kier molecular flexibility index (Phi) is 3.73. The summed E-state index contributed by atoms with van der Waals surface area (Å²) in [6, 6.07) is 10.9. The van der Waals surface area contributed by atoms with E-state index in [2.05, 4.69) is 10.6 Å². The number of carbonyl (C=O) groups excluding carboxylic acids is 2. The molecule has 2 aliphatic rings. The summed E-state index contributed by atoms with van der Waals surface area (Å²) in [7, 11) is 1.50. The molecule has 0 amide bonds. The molecule has 1 atom stereocenters. The average molecular weight is 366 g/mol. The third kappa shape index (κ3) is 2.44. The number of methoxy groups -OCH3 is 1. The van der Waals surface area contributed by atoms with Crippen LogP contribution >= 0.6 is 12.2 Å². The Hall–Kier alpha value is -3.19. The summed E-state index contributed by atoms with van der Waals surface area (Å²) in [4.78, 5) is 25.6. The molecule has 0 spiro atoms. The topological polar surface area (TPSA) is 87.7 Å². The maximum absolute atomic E-state index is 12.9. The van der Waals surface area contributed by atoms with Gasteiger partial charge in [0.05, 0.1) is 24.4 Å². The molecule has 1 unspecified atom stereocenters. The van der Waals surface area contributed by atoms with Crippen molar-refractivity contribution in [2.24, 2.45) is 0 Å². The highest BCUT2D eigenvalue weighted by molar-refractivity contribution is 7.80. The molecule has 3 N–H and O–H groups in total. The fourth-order valence-corrected chi connectivity index (χ4v) is 3.50. The van der Waals surface area contributed by atoms with Gasteiger partial charge in [-0.25, -0.2) is 0 Å². The normalized spacial score (nSPS) is 18.7. The van der Waals surface area contributed by atoms with Crippen LogP contribution in [0, 0.1) is 0 Å². The summed E-state index contributed by atoms with van der Waals surface area (Å²) in [6.45, 7) is 0. The van der Waals surface area contributed by atoms with Crippen LogP contribution in [0.2, 0.25) is 0 Å². The number of nitrogens with one attached hydrogen (secondary N) is 2. The maximum atomic E-state index is 12.9. The van der Waals surface area contributed by atoms with E-state index in [-0.39, 0.29) is 16.9 Å². The quantitative estimate of drug-likeness (QED) is 0.554. The number of fused-ring (bicyclic) bond motifs is 2. The molecular formula is C19H14N2O4S. The number of ether oxygens (including phenoxy) is 1. The van der Waals surface area contributed by atoms with Gasteiger partial charge in [-0.3, -0.25) is 9.59 Å². The van der Waals surface area contributed by atoms with Gasteiger partial charge in [0.25, 0.3) is 0 Å². The average Bonchev–Trinajstić information content (AvgIpc) is 2.65. The molecule has 1 heterocycles. The summed E-state index contributed by atoms with van der Waals surface area (Å²) >= 11 is 5.29. The van der Waals surface area contributed by atoms with Gasteiger partial charge in [-0.2, -0.15) is 0 Å². The Balaban J connectivity index is 1.94. The molecule has 0 saturated heterocycles. The van der Waals surface area contributed by atoms with Crippen molar-refractivity contribution in [3.63, 3.8) is 0 Å². The first-order valence-corrected chi connectivity index (χ1v) is 8.28. The lowest BCUT2D eigenvalue weighted by molar-refractivity contribution is -0.112. The zero-order chi connectivity index (χ0) is 18.4. The Labute approximate surface area is 154 Å². The van der Waals surface area contributed by atoms with Crippen molar-refractivity contribution >= 4 is 34.6 Å². The Morgan fingerprint density at radius 1 is 1.08 bits per heavy atom.